The van der Waals surface area contributed by atoms with Gasteiger partial charge in [0.2, 0.25) is 0 Å². The van der Waals surface area contributed by atoms with Crippen LogP contribution in [0.5, 0.6) is 0 Å². The second kappa shape index (κ2) is 17.0. The van der Waals surface area contributed by atoms with E-state index in [1.54, 1.807) is 0 Å². The first kappa shape index (κ1) is 21.7. The van der Waals surface area contributed by atoms with E-state index in [4.69, 9.17) is 5.73 Å². The van der Waals surface area contributed by atoms with E-state index in [2.05, 4.69) is 23.8 Å². The average molecular weight is 325 g/mol. The van der Waals surface area contributed by atoms with Gasteiger partial charge in [0.25, 0.3) is 0 Å². The molecule has 0 unspecified atom stereocenters. The van der Waals surface area contributed by atoms with E-state index < -0.39 is 12.1 Å². The van der Waals surface area contributed by atoms with Crippen LogP contribution in [0.1, 0.15) is 96.8 Å². The van der Waals surface area contributed by atoms with Crippen LogP contribution >= 0.6 is 0 Å². The number of nitrogens with two attached hydrogens (primary N) is 1. The van der Waals surface area contributed by atoms with Crippen molar-refractivity contribution in [3.8, 4) is 0 Å². The molecule has 0 aliphatic rings. The highest BCUT2D eigenvalue weighted by atomic mass is 16.6. The van der Waals surface area contributed by atoms with Crippen LogP contribution in [0.2, 0.25) is 0 Å². The Morgan fingerprint density at radius 3 is 1.78 bits per heavy atom. The Kier molecular flexibility index (Phi) is 16.1. The molecule has 134 valence electrons. The molecule has 0 saturated heterocycles. The molecule has 0 bridgehead atoms. The van der Waals surface area contributed by atoms with Gasteiger partial charge in [0.05, 0.1) is 0 Å². The summed E-state index contributed by atoms with van der Waals surface area (Å²) in [5.74, 6) is -0.518. The number of hydrogen-bond donors (Lipinski definition) is 1. The van der Waals surface area contributed by atoms with Gasteiger partial charge in [-0.25, -0.2) is 4.79 Å². The highest BCUT2D eigenvalue weighted by Gasteiger charge is 2.05. The number of allylic oxidation sites excluding steroid dienone is 2. The Morgan fingerprint density at radius 2 is 1.26 bits per heavy atom. The molecular formula is C19H35NO3. The molecule has 0 aliphatic carbocycles. The first-order valence-electron chi connectivity index (χ1n) is 9.32. The van der Waals surface area contributed by atoms with Crippen LogP contribution in [0.15, 0.2) is 12.2 Å². The molecule has 0 aromatic rings. The number of amides is 1. The lowest BCUT2D eigenvalue weighted by Gasteiger charge is -2.00. The van der Waals surface area contributed by atoms with Gasteiger partial charge in [-0.1, -0.05) is 70.4 Å². The van der Waals surface area contributed by atoms with Crippen molar-refractivity contribution in [2.45, 2.75) is 96.8 Å². The maximum Gasteiger partial charge on any atom is 0.412 e. The van der Waals surface area contributed by atoms with E-state index in [9.17, 15) is 9.59 Å². The molecule has 0 aromatic heterocycles. The van der Waals surface area contributed by atoms with Crippen LogP contribution in [-0.4, -0.2) is 12.1 Å². The van der Waals surface area contributed by atoms with E-state index in [1.165, 1.54) is 57.8 Å². The monoisotopic (exact) mass is 325 g/mol. The topological polar surface area (TPSA) is 69.4 Å². The fourth-order valence-electron chi connectivity index (χ4n) is 2.50. The number of carbonyl (C=O) groups excluding carboxylic acids is 2. The minimum absolute atomic E-state index is 0.279. The summed E-state index contributed by atoms with van der Waals surface area (Å²) < 4.78 is 4.26. The lowest BCUT2D eigenvalue weighted by atomic mass is 10.1. The predicted molar refractivity (Wildman–Crippen MR) is 95.1 cm³/mol. The zero-order valence-electron chi connectivity index (χ0n) is 14.9. The predicted octanol–water partition coefficient (Wildman–Crippen LogP) is 5.65. The maximum absolute atomic E-state index is 11.1. The summed E-state index contributed by atoms with van der Waals surface area (Å²) in [6, 6.07) is 0. The van der Waals surface area contributed by atoms with Crippen molar-refractivity contribution in [3.05, 3.63) is 12.2 Å². The second-order valence-electron chi connectivity index (χ2n) is 6.13. The molecule has 4 nitrogen and oxygen atoms in total. The molecule has 0 spiro atoms. The van der Waals surface area contributed by atoms with Gasteiger partial charge in [-0.2, -0.15) is 0 Å². The number of carbonyl (C=O) groups is 2. The van der Waals surface area contributed by atoms with Crippen molar-refractivity contribution in [2.24, 2.45) is 5.73 Å². The van der Waals surface area contributed by atoms with E-state index in [-0.39, 0.29) is 6.42 Å². The van der Waals surface area contributed by atoms with E-state index in [0.29, 0.717) is 0 Å². The molecule has 0 heterocycles. The van der Waals surface area contributed by atoms with Crippen LogP contribution in [0.3, 0.4) is 0 Å². The van der Waals surface area contributed by atoms with E-state index >= 15 is 0 Å². The quantitative estimate of drug-likeness (QED) is 0.183. The van der Waals surface area contributed by atoms with E-state index in [0.717, 1.165) is 25.7 Å². The number of esters is 1. The third-order valence-corrected chi connectivity index (χ3v) is 3.86. The SMILES string of the molecule is CCCCCCCC/C=C\CCCCCCCC(=O)OC(N)=O. The minimum atomic E-state index is -1.01. The number of rotatable bonds is 15. The molecule has 1 amide bonds. The van der Waals surface area contributed by atoms with Crippen LogP contribution in [-0.2, 0) is 9.53 Å². The first-order chi connectivity index (χ1) is 11.2. The van der Waals surface area contributed by atoms with Crippen molar-refractivity contribution in [1.82, 2.24) is 0 Å². The van der Waals surface area contributed by atoms with Gasteiger partial charge in [0.1, 0.15) is 0 Å². The molecule has 2 N–H and O–H groups in total. The average Bonchev–Trinajstić information content (AvgIpc) is 2.50. The van der Waals surface area contributed by atoms with Crippen molar-refractivity contribution >= 4 is 12.1 Å². The van der Waals surface area contributed by atoms with Gasteiger partial charge in [-0.3, -0.25) is 4.79 Å². The van der Waals surface area contributed by atoms with Crippen LogP contribution < -0.4 is 5.73 Å². The largest absolute Gasteiger partial charge is 0.412 e. The van der Waals surface area contributed by atoms with Gasteiger partial charge < -0.3 is 10.5 Å². The highest BCUT2D eigenvalue weighted by Crippen LogP contribution is 2.10. The molecular weight excluding hydrogens is 290 g/mol. The lowest BCUT2D eigenvalue weighted by Crippen LogP contribution is -2.18. The number of hydrogen-bond acceptors (Lipinski definition) is 3. The summed E-state index contributed by atoms with van der Waals surface area (Å²) in [5.41, 5.74) is 4.76. The summed E-state index contributed by atoms with van der Waals surface area (Å²) in [7, 11) is 0. The van der Waals surface area contributed by atoms with Crippen molar-refractivity contribution in [1.29, 1.82) is 0 Å². The summed E-state index contributed by atoms with van der Waals surface area (Å²) >= 11 is 0. The zero-order valence-corrected chi connectivity index (χ0v) is 14.9. The Bertz CT molecular complexity index is 327. The Hall–Kier alpha value is -1.32. The molecule has 0 atom stereocenters. The fraction of sp³-hybridized carbons (Fsp3) is 0.789. The Labute approximate surface area is 141 Å². The highest BCUT2D eigenvalue weighted by molar-refractivity contribution is 5.83. The van der Waals surface area contributed by atoms with Crippen LogP contribution in [0, 0.1) is 0 Å². The van der Waals surface area contributed by atoms with Gasteiger partial charge in [-0.05, 0) is 32.1 Å². The van der Waals surface area contributed by atoms with Crippen molar-refractivity contribution in [2.75, 3.05) is 0 Å². The molecule has 0 rings (SSSR count). The Morgan fingerprint density at radius 1 is 0.783 bits per heavy atom. The summed E-state index contributed by atoms with van der Waals surface area (Å²) in [6.07, 6.45) is 19.7. The number of unbranched alkanes of at least 4 members (excludes halogenated alkanes) is 11. The molecule has 0 saturated carbocycles. The van der Waals surface area contributed by atoms with Crippen molar-refractivity contribution in [3.63, 3.8) is 0 Å². The zero-order chi connectivity index (χ0) is 17.2. The first-order valence-corrected chi connectivity index (χ1v) is 9.32. The lowest BCUT2D eigenvalue weighted by molar-refractivity contribution is -0.137. The Balaban J connectivity index is 3.19. The van der Waals surface area contributed by atoms with Gasteiger partial charge in [0.15, 0.2) is 0 Å². The van der Waals surface area contributed by atoms with Gasteiger partial charge in [0, 0.05) is 6.42 Å². The number of ether oxygens (including phenoxy) is 1. The summed E-state index contributed by atoms with van der Waals surface area (Å²) in [6.45, 7) is 2.25. The van der Waals surface area contributed by atoms with Crippen molar-refractivity contribution < 1.29 is 14.3 Å². The normalized spacial score (nSPS) is 11.0. The fourth-order valence-corrected chi connectivity index (χ4v) is 2.50. The maximum atomic E-state index is 11.1. The summed E-state index contributed by atoms with van der Waals surface area (Å²) in [4.78, 5) is 21.4. The second-order valence-corrected chi connectivity index (χ2v) is 6.13. The van der Waals surface area contributed by atoms with Crippen LogP contribution in [0.25, 0.3) is 0 Å². The summed E-state index contributed by atoms with van der Waals surface area (Å²) in [5, 5.41) is 0. The number of primary amides is 1. The standard InChI is InChI=1S/C19H35NO3/c1-2-3-4-5-6-7-8-9-10-11-12-13-14-15-16-17-18(21)23-19(20)22/h9-10H,2-8,11-17H2,1H3,(H2,20,22)/b10-9-. The van der Waals surface area contributed by atoms with Gasteiger partial charge in [-0.15, -0.1) is 0 Å². The minimum Gasteiger partial charge on any atom is -0.376 e. The molecule has 23 heavy (non-hydrogen) atoms. The molecule has 0 aromatic carbocycles. The molecule has 4 heteroatoms. The molecule has 0 fully saturated rings. The third-order valence-electron chi connectivity index (χ3n) is 3.86. The third kappa shape index (κ3) is 18.6. The molecule has 0 aliphatic heterocycles. The smallest absolute Gasteiger partial charge is 0.376 e. The van der Waals surface area contributed by atoms with Crippen LogP contribution in [0.4, 0.5) is 4.79 Å². The van der Waals surface area contributed by atoms with E-state index in [1.807, 2.05) is 0 Å². The molecule has 0 radical (unpaired) electrons. The van der Waals surface area contributed by atoms with Gasteiger partial charge >= 0.3 is 12.1 Å².